The molecular weight excluding hydrogens is 375 g/mol. The second-order valence-electron chi connectivity index (χ2n) is 7.03. The van der Waals surface area contributed by atoms with Gasteiger partial charge in [-0.3, -0.25) is 4.79 Å². The number of rotatable bonds is 7. The van der Waals surface area contributed by atoms with Crippen LogP contribution in [0, 0.1) is 5.82 Å². The van der Waals surface area contributed by atoms with Crippen molar-refractivity contribution < 1.29 is 13.9 Å². The highest BCUT2D eigenvalue weighted by molar-refractivity contribution is 5.80. The summed E-state index contributed by atoms with van der Waals surface area (Å²) in [7, 11) is 0. The van der Waals surface area contributed by atoms with Crippen LogP contribution in [0.1, 0.15) is 25.0 Å². The van der Waals surface area contributed by atoms with Crippen molar-refractivity contribution in [1.29, 1.82) is 0 Å². The number of ether oxygens (including phenoxy) is 1. The van der Waals surface area contributed by atoms with Gasteiger partial charge in [0, 0.05) is 31.4 Å². The number of nitrogens with one attached hydrogen (secondary N) is 2. The van der Waals surface area contributed by atoms with E-state index in [1.54, 1.807) is 24.0 Å². The Morgan fingerprint density at radius 3 is 2.90 bits per heavy atom. The zero-order chi connectivity index (χ0) is 20.2. The maximum Gasteiger partial charge on any atom is 0.260 e. The van der Waals surface area contributed by atoms with Crippen LogP contribution in [0.5, 0.6) is 5.75 Å². The highest BCUT2D eigenvalue weighted by Gasteiger charge is 2.24. The minimum Gasteiger partial charge on any atom is -0.481 e. The Hall–Kier alpha value is -3.07. The first-order chi connectivity index (χ1) is 14.1. The maximum atomic E-state index is 13.0. The number of halogens is 1. The Morgan fingerprint density at radius 1 is 1.34 bits per heavy atom. The number of hydrogen-bond donors (Lipinski definition) is 2. The Morgan fingerprint density at radius 2 is 2.14 bits per heavy atom. The molecule has 2 unspecified atom stereocenters. The standard InChI is InChI=1S/C20H23FN6O2/c1-13(29-16-4-2-15(21)3-5-16)20(28)25-10-11-27-19-18(23-8-9-24-19)17(26-27)14-6-7-22-12-14/h2-5,8-9,13-14,22H,6-7,10-12H2,1H3,(H,25,28). The summed E-state index contributed by atoms with van der Waals surface area (Å²) >= 11 is 0. The van der Waals surface area contributed by atoms with Gasteiger partial charge in [-0.15, -0.1) is 0 Å². The van der Waals surface area contributed by atoms with Crippen LogP contribution >= 0.6 is 0 Å². The molecular formula is C20H23FN6O2. The predicted octanol–water partition coefficient (Wildman–Crippen LogP) is 1.63. The molecule has 1 aromatic carbocycles. The average molecular weight is 398 g/mol. The molecule has 0 saturated carbocycles. The second-order valence-corrected chi connectivity index (χ2v) is 7.03. The first kappa shape index (κ1) is 19.3. The largest absolute Gasteiger partial charge is 0.481 e. The lowest BCUT2D eigenvalue weighted by molar-refractivity contribution is -0.127. The molecule has 1 amide bonds. The first-order valence-electron chi connectivity index (χ1n) is 9.70. The number of fused-ring (bicyclic) bond motifs is 1. The van der Waals surface area contributed by atoms with Crippen molar-refractivity contribution in [2.45, 2.75) is 31.9 Å². The number of nitrogens with zero attached hydrogens (tertiary/aromatic N) is 4. The van der Waals surface area contributed by atoms with Crippen LogP contribution in [0.4, 0.5) is 4.39 Å². The normalized spacial score (nSPS) is 17.4. The van der Waals surface area contributed by atoms with Crippen LogP contribution in [-0.4, -0.2) is 51.4 Å². The van der Waals surface area contributed by atoms with Crippen molar-refractivity contribution in [1.82, 2.24) is 30.4 Å². The molecule has 2 atom stereocenters. The molecule has 9 heteroatoms. The predicted molar refractivity (Wildman–Crippen MR) is 105 cm³/mol. The summed E-state index contributed by atoms with van der Waals surface area (Å²) in [4.78, 5) is 21.2. The van der Waals surface area contributed by atoms with Crippen LogP contribution in [-0.2, 0) is 11.3 Å². The molecule has 1 aliphatic heterocycles. The summed E-state index contributed by atoms with van der Waals surface area (Å²) in [5.41, 5.74) is 2.50. The number of carbonyl (C=O) groups is 1. The summed E-state index contributed by atoms with van der Waals surface area (Å²) in [5, 5.41) is 10.9. The van der Waals surface area contributed by atoms with E-state index in [-0.39, 0.29) is 11.7 Å². The summed E-state index contributed by atoms with van der Waals surface area (Å²) in [6.45, 7) is 4.37. The van der Waals surface area contributed by atoms with Gasteiger partial charge in [0.05, 0.1) is 12.2 Å². The lowest BCUT2D eigenvalue weighted by Crippen LogP contribution is -2.38. The number of aromatic nitrogens is 4. The molecule has 0 spiro atoms. The van der Waals surface area contributed by atoms with Gasteiger partial charge in [0.25, 0.3) is 5.91 Å². The third kappa shape index (κ3) is 4.34. The molecule has 2 aromatic heterocycles. The van der Waals surface area contributed by atoms with E-state index in [1.807, 2.05) is 0 Å². The topological polar surface area (TPSA) is 94.0 Å². The fraction of sp³-hybridized carbons (Fsp3) is 0.400. The van der Waals surface area contributed by atoms with Gasteiger partial charge in [-0.2, -0.15) is 5.10 Å². The zero-order valence-electron chi connectivity index (χ0n) is 16.1. The number of hydrogen-bond acceptors (Lipinski definition) is 6. The van der Waals surface area contributed by atoms with Gasteiger partial charge in [-0.25, -0.2) is 19.0 Å². The van der Waals surface area contributed by atoms with E-state index in [4.69, 9.17) is 9.84 Å². The minimum absolute atomic E-state index is 0.253. The fourth-order valence-electron chi connectivity index (χ4n) is 3.44. The zero-order valence-corrected chi connectivity index (χ0v) is 16.1. The van der Waals surface area contributed by atoms with Crippen molar-refractivity contribution in [3.8, 4) is 5.75 Å². The smallest absolute Gasteiger partial charge is 0.260 e. The Balaban J connectivity index is 1.37. The van der Waals surface area contributed by atoms with E-state index < -0.39 is 6.10 Å². The van der Waals surface area contributed by atoms with Crippen LogP contribution in [0.2, 0.25) is 0 Å². The highest BCUT2D eigenvalue weighted by Crippen LogP contribution is 2.26. The van der Waals surface area contributed by atoms with Gasteiger partial charge in [-0.1, -0.05) is 0 Å². The van der Waals surface area contributed by atoms with Crippen LogP contribution < -0.4 is 15.4 Å². The van der Waals surface area contributed by atoms with Gasteiger partial charge in [0.1, 0.15) is 17.1 Å². The van der Waals surface area contributed by atoms with E-state index in [0.717, 1.165) is 36.4 Å². The Bertz CT molecular complexity index is 984. The molecule has 1 fully saturated rings. The molecule has 0 bridgehead atoms. The summed E-state index contributed by atoms with van der Waals surface area (Å²) in [6.07, 6.45) is 3.65. The Kier molecular flexibility index (Phi) is 5.66. The molecule has 1 saturated heterocycles. The van der Waals surface area contributed by atoms with Gasteiger partial charge >= 0.3 is 0 Å². The van der Waals surface area contributed by atoms with E-state index in [9.17, 15) is 9.18 Å². The first-order valence-corrected chi connectivity index (χ1v) is 9.70. The van der Waals surface area contributed by atoms with E-state index >= 15 is 0 Å². The molecule has 3 heterocycles. The van der Waals surface area contributed by atoms with Gasteiger partial charge in [0.2, 0.25) is 0 Å². The molecule has 3 aromatic rings. The molecule has 0 aliphatic carbocycles. The highest BCUT2D eigenvalue weighted by atomic mass is 19.1. The van der Waals surface area contributed by atoms with E-state index in [0.29, 0.717) is 24.8 Å². The number of carbonyl (C=O) groups excluding carboxylic acids is 1. The molecule has 1 aliphatic rings. The lowest BCUT2D eigenvalue weighted by Gasteiger charge is -2.14. The van der Waals surface area contributed by atoms with Gasteiger partial charge in [-0.05, 0) is 44.2 Å². The second kappa shape index (κ2) is 8.52. The van der Waals surface area contributed by atoms with Crippen molar-refractivity contribution >= 4 is 17.1 Å². The number of amides is 1. The summed E-state index contributed by atoms with van der Waals surface area (Å²) in [6, 6.07) is 5.57. The number of benzene rings is 1. The molecule has 29 heavy (non-hydrogen) atoms. The minimum atomic E-state index is -0.699. The third-order valence-electron chi connectivity index (χ3n) is 4.96. The summed E-state index contributed by atoms with van der Waals surface area (Å²) in [5.74, 6) is 0.167. The van der Waals surface area contributed by atoms with Crippen molar-refractivity contribution in [3.63, 3.8) is 0 Å². The lowest BCUT2D eigenvalue weighted by atomic mass is 10.0. The van der Waals surface area contributed by atoms with E-state index in [1.165, 1.54) is 24.3 Å². The maximum absolute atomic E-state index is 13.0. The summed E-state index contributed by atoms with van der Waals surface area (Å²) < 4.78 is 20.3. The quantitative estimate of drug-likeness (QED) is 0.628. The average Bonchev–Trinajstić information content (AvgIpc) is 3.38. The fourth-order valence-corrected chi connectivity index (χ4v) is 3.44. The van der Waals surface area contributed by atoms with Crippen molar-refractivity contribution in [2.75, 3.05) is 19.6 Å². The molecule has 152 valence electrons. The van der Waals surface area contributed by atoms with Crippen molar-refractivity contribution in [3.05, 3.63) is 48.2 Å². The van der Waals surface area contributed by atoms with Crippen LogP contribution in [0.25, 0.3) is 11.2 Å². The molecule has 4 rings (SSSR count). The van der Waals surface area contributed by atoms with Crippen LogP contribution in [0.15, 0.2) is 36.7 Å². The van der Waals surface area contributed by atoms with E-state index in [2.05, 4.69) is 20.6 Å². The van der Waals surface area contributed by atoms with Gasteiger partial charge < -0.3 is 15.4 Å². The molecule has 0 radical (unpaired) electrons. The van der Waals surface area contributed by atoms with Gasteiger partial charge in [0.15, 0.2) is 11.8 Å². The van der Waals surface area contributed by atoms with Crippen LogP contribution in [0.3, 0.4) is 0 Å². The monoisotopic (exact) mass is 398 g/mol. The molecule has 8 nitrogen and oxygen atoms in total. The Labute approximate surface area is 167 Å². The SMILES string of the molecule is CC(Oc1ccc(F)cc1)C(=O)NCCn1nc(C2CCNC2)c2nccnc21. The molecule has 2 N–H and O–H groups in total. The van der Waals surface area contributed by atoms with Crippen molar-refractivity contribution in [2.24, 2.45) is 0 Å². The third-order valence-corrected chi connectivity index (χ3v) is 4.96.